The van der Waals surface area contributed by atoms with Gasteiger partial charge in [0.1, 0.15) is 0 Å². The van der Waals surface area contributed by atoms with E-state index in [1.54, 1.807) is 0 Å². The van der Waals surface area contributed by atoms with Crippen molar-refractivity contribution in [2.75, 3.05) is 17.2 Å². The van der Waals surface area contributed by atoms with Gasteiger partial charge < -0.3 is 10.6 Å². The fourth-order valence-corrected chi connectivity index (χ4v) is 2.67. The molecule has 0 spiro atoms. The van der Waals surface area contributed by atoms with Gasteiger partial charge in [-0.3, -0.25) is 0 Å². The van der Waals surface area contributed by atoms with Gasteiger partial charge >= 0.3 is 0 Å². The van der Waals surface area contributed by atoms with Crippen LogP contribution in [0.5, 0.6) is 0 Å². The van der Waals surface area contributed by atoms with E-state index in [4.69, 9.17) is 5.73 Å². The number of hydrogen-bond donors (Lipinski definition) is 1. The summed E-state index contributed by atoms with van der Waals surface area (Å²) < 4.78 is 1.03. The molecular weight excluding hydrogens is 300 g/mol. The van der Waals surface area contributed by atoms with Crippen LogP contribution in [-0.4, -0.2) is 6.54 Å². The topological polar surface area (TPSA) is 29.3 Å². The van der Waals surface area contributed by atoms with Crippen LogP contribution in [0.4, 0.5) is 17.1 Å². The molecule has 2 N–H and O–H groups in total. The fourth-order valence-electron chi connectivity index (χ4n) is 2.05. The molecule has 100 valence electrons. The van der Waals surface area contributed by atoms with Crippen molar-refractivity contribution in [1.29, 1.82) is 0 Å². The van der Waals surface area contributed by atoms with Gasteiger partial charge in [0.25, 0.3) is 0 Å². The number of halogens is 1. The third-order valence-corrected chi connectivity index (χ3v) is 3.70. The molecule has 0 atom stereocenters. The average Bonchev–Trinajstić information content (AvgIpc) is 2.42. The van der Waals surface area contributed by atoms with Crippen LogP contribution >= 0.6 is 15.9 Å². The van der Waals surface area contributed by atoms with Crippen molar-refractivity contribution in [2.24, 2.45) is 0 Å². The van der Waals surface area contributed by atoms with Crippen LogP contribution in [0.15, 0.2) is 53.0 Å². The highest BCUT2D eigenvalue weighted by Crippen LogP contribution is 2.33. The highest BCUT2D eigenvalue weighted by molar-refractivity contribution is 9.10. The summed E-state index contributed by atoms with van der Waals surface area (Å²) in [7, 11) is 0. The van der Waals surface area contributed by atoms with E-state index in [9.17, 15) is 0 Å². The van der Waals surface area contributed by atoms with Crippen molar-refractivity contribution in [3.05, 3.63) is 53.0 Å². The molecule has 0 aliphatic rings. The summed E-state index contributed by atoms with van der Waals surface area (Å²) in [5.74, 6) is 0. The van der Waals surface area contributed by atoms with Crippen LogP contribution in [-0.2, 0) is 0 Å². The van der Waals surface area contributed by atoms with Gasteiger partial charge in [0, 0.05) is 22.4 Å². The molecule has 19 heavy (non-hydrogen) atoms. The second-order valence-electron chi connectivity index (χ2n) is 4.55. The largest absolute Gasteiger partial charge is 0.399 e. The van der Waals surface area contributed by atoms with Crippen molar-refractivity contribution < 1.29 is 0 Å². The Labute approximate surface area is 123 Å². The molecule has 0 radical (unpaired) electrons. The maximum atomic E-state index is 5.82. The van der Waals surface area contributed by atoms with Gasteiger partial charge in [0.2, 0.25) is 0 Å². The SMILES string of the molecule is CCCCN(c1ccccc1)c1ccc(N)cc1Br. The number of anilines is 3. The third kappa shape index (κ3) is 3.51. The lowest BCUT2D eigenvalue weighted by Crippen LogP contribution is -2.18. The second kappa shape index (κ2) is 6.62. The number of hydrogen-bond acceptors (Lipinski definition) is 2. The molecular formula is C16H19BrN2. The predicted octanol–water partition coefficient (Wildman–Crippen LogP) is 4.97. The van der Waals surface area contributed by atoms with E-state index in [0.717, 1.165) is 28.8 Å². The van der Waals surface area contributed by atoms with Gasteiger partial charge in [-0.05, 0) is 52.7 Å². The molecule has 0 aliphatic heterocycles. The number of para-hydroxylation sites is 1. The molecule has 2 nitrogen and oxygen atoms in total. The van der Waals surface area contributed by atoms with Gasteiger partial charge in [-0.2, -0.15) is 0 Å². The molecule has 0 bridgehead atoms. The van der Waals surface area contributed by atoms with Crippen molar-refractivity contribution in [2.45, 2.75) is 19.8 Å². The Morgan fingerprint density at radius 2 is 1.84 bits per heavy atom. The molecule has 0 aromatic heterocycles. The summed E-state index contributed by atoms with van der Waals surface area (Å²) in [4.78, 5) is 2.33. The van der Waals surface area contributed by atoms with Gasteiger partial charge in [0.15, 0.2) is 0 Å². The molecule has 2 aromatic carbocycles. The number of nitrogens with two attached hydrogens (primary N) is 1. The summed E-state index contributed by atoms with van der Waals surface area (Å²) in [6.45, 7) is 3.21. The van der Waals surface area contributed by atoms with Gasteiger partial charge in [-0.25, -0.2) is 0 Å². The molecule has 0 unspecified atom stereocenters. The van der Waals surface area contributed by atoms with Gasteiger partial charge in [0.05, 0.1) is 5.69 Å². The van der Waals surface area contributed by atoms with E-state index in [1.807, 2.05) is 18.2 Å². The van der Waals surface area contributed by atoms with E-state index < -0.39 is 0 Å². The zero-order valence-corrected chi connectivity index (χ0v) is 12.7. The Kier molecular flexibility index (Phi) is 4.86. The quantitative estimate of drug-likeness (QED) is 0.788. The van der Waals surface area contributed by atoms with E-state index in [-0.39, 0.29) is 0 Å². The minimum Gasteiger partial charge on any atom is -0.399 e. The number of unbranched alkanes of at least 4 members (excludes halogenated alkanes) is 1. The molecule has 0 aliphatic carbocycles. The highest BCUT2D eigenvalue weighted by Gasteiger charge is 2.11. The van der Waals surface area contributed by atoms with Crippen molar-refractivity contribution >= 4 is 33.0 Å². The van der Waals surface area contributed by atoms with Gasteiger partial charge in [-0.15, -0.1) is 0 Å². The minimum atomic E-state index is 0.777. The summed E-state index contributed by atoms with van der Waals surface area (Å²) in [5, 5.41) is 0. The molecule has 0 saturated heterocycles. The Morgan fingerprint density at radius 1 is 1.11 bits per heavy atom. The molecule has 0 fully saturated rings. The smallest absolute Gasteiger partial charge is 0.0556 e. The first-order chi connectivity index (χ1) is 9.22. The molecule has 2 rings (SSSR count). The molecule has 3 heteroatoms. The first-order valence-corrected chi connectivity index (χ1v) is 7.39. The van der Waals surface area contributed by atoms with Crippen LogP contribution < -0.4 is 10.6 Å². The van der Waals surface area contributed by atoms with E-state index in [2.05, 4.69) is 58.1 Å². The first kappa shape index (κ1) is 13.9. The lowest BCUT2D eigenvalue weighted by atomic mass is 10.2. The summed E-state index contributed by atoms with van der Waals surface area (Å²) in [6.07, 6.45) is 2.33. The Morgan fingerprint density at radius 3 is 2.47 bits per heavy atom. The Hall–Kier alpha value is -1.48. The standard InChI is InChI=1S/C16H19BrN2/c1-2-3-11-19(14-7-5-4-6-8-14)16-10-9-13(18)12-15(16)17/h4-10,12H,2-3,11,18H2,1H3. The van der Waals surface area contributed by atoms with Crippen LogP contribution in [0.1, 0.15) is 19.8 Å². The third-order valence-electron chi connectivity index (χ3n) is 3.07. The first-order valence-electron chi connectivity index (χ1n) is 6.60. The average molecular weight is 319 g/mol. The monoisotopic (exact) mass is 318 g/mol. The summed E-state index contributed by atoms with van der Waals surface area (Å²) >= 11 is 3.62. The number of nitrogen functional groups attached to an aromatic ring is 1. The molecule has 0 amide bonds. The zero-order valence-electron chi connectivity index (χ0n) is 11.1. The molecule has 0 heterocycles. The lowest BCUT2D eigenvalue weighted by Gasteiger charge is -2.26. The normalized spacial score (nSPS) is 10.4. The molecule has 0 saturated carbocycles. The predicted molar refractivity (Wildman–Crippen MR) is 86.9 cm³/mol. The molecule has 2 aromatic rings. The Balaban J connectivity index is 2.37. The van der Waals surface area contributed by atoms with Crippen LogP contribution in [0.2, 0.25) is 0 Å². The lowest BCUT2D eigenvalue weighted by molar-refractivity contribution is 0.785. The Bertz CT molecular complexity index is 526. The van der Waals surface area contributed by atoms with Crippen LogP contribution in [0, 0.1) is 0 Å². The second-order valence-corrected chi connectivity index (χ2v) is 5.41. The zero-order chi connectivity index (χ0) is 13.7. The number of benzene rings is 2. The van der Waals surface area contributed by atoms with E-state index in [1.165, 1.54) is 12.1 Å². The fraction of sp³-hybridized carbons (Fsp3) is 0.250. The number of rotatable bonds is 5. The van der Waals surface area contributed by atoms with E-state index in [0.29, 0.717) is 0 Å². The minimum absolute atomic E-state index is 0.777. The maximum absolute atomic E-state index is 5.82. The number of nitrogens with zero attached hydrogens (tertiary/aromatic N) is 1. The maximum Gasteiger partial charge on any atom is 0.0556 e. The van der Waals surface area contributed by atoms with Crippen LogP contribution in [0.3, 0.4) is 0 Å². The van der Waals surface area contributed by atoms with Crippen molar-refractivity contribution in [3.8, 4) is 0 Å². The van der Waals surface area contributed by atoms with Gasteiger partial charge in [-0.1, -0.05) is 31.5 Å². The van der Waals surface area contributed by atoms with Crippen molar-refractivity contribution in [1.82, 2.24) is 0 Å². The highest BCUT2D eigenvalue weighted by atomic mass is 79.9. The summed E-state index contributed by atoms with van der Waals surface area (Å²) in [6, 6.07) is 16.4. The summed E-state index contributed by atoms with van der Waals surface area (Å²) in [5.41, 5.74) is 8.97. The van der Waals surface area contributed by atoms with E-state index >= 15 is 0 Å². The van der Waals surface area contributed by atoms with Crippen LogP contribution in [0.25, 0.3) is 0 Å². The van der Waals surface area contributed by atoms with Crippen molar-refractivity contribution in [3.63, 3.8) is 0 Å².